The Morgan fingerprint density at radius 1 is 0.507 bits per heavy atom. The molecule has 7 unspecified atom stereocenters. The summed E-state index contributed by atoms with van der Waals surface area (Å²) in [7, 11) is 0. The van der Waals surface area contributed by atoms with Crippen LogP contribution in [0, 0.1) is 0 Å². The van der Waals surface area contributed by atoms with Gasteiger partial charge in [-0.2, -0.15) is 0 Å². The van der Waals surface area contributed by atoms with Crippen LogP contribution in [0.4, 0.5) is 0 Å². The average molecular weight is 971 g/mol. The largest absolute Gasteiger partial charge is 0.394 e. The minimum atomic E-state index is -1.56. The maximum absolute atomic E-state index is 13.1. The number of carbonyl (C=O) groups excluding carboxylic acids is 1. The van der Waals surface area contributed by atoms with Gasteiger partial charge in [-0.05, 0) is 64.2 Å². The van der Waals surface area contributed by atoms with E-state index in [1.807, 2.05) is 0 Å². The maximum atomic E-state index is 13.1. The Bertz CT molecular complexity index is 1310. The van der Waals surface area contributed by atoms with Gasteiger partial charge in [0.05, 0.1) is 25.4 Å². The van der Waals surface area contributed by atoms with Gasteiger partial charge in [0, 0.05) is 6.42 Å². The molecule has 0 aromatic carbocycles. The Kier molecular flexibility index (Phi) is 46.1. The molecule has 1 saturated heterocycles. The minimum Gasteiger partial charge on any atom is -0.394 e. The SMILES string of the molecule is CC/C=C\C/C=C\C/C=C\C/C=C\C/C=C\C/C=C\CCCCCCCCC(=O)NC(COC1OC(CO)C(O)C(O)C1O)C(O)CCCCCCCCCCCCCCCCCCCCCCC. The van der Waals surface area contributed by atoms with Crippen LogP contribution in [-0.4, -0.2) is 87.5 Å². The Hall–Kier alpha value is -2.37. The van der Waals surface area contributed by atoms with Gasteiger partial charge in [-0.15, -0.1) is 0 Å². The third-order valence-corrected chi connectivity index (χ3v) is 13.3. The average Bonchev–Trinajstić information content (AvgIpc) is 3.35. The van der Waals surface area contributed by atoms with Crippen molar-refractivity contribution >= 4 is 5.91 Å². The second-order valence-corrected chi connectivity index (χ2v) is 19.7. The van der Waals surface area contributed by atoms with Crippen LogP contribution in [0.25, 0.3) is 0 Å². The van der Waals surface area contributed by atoms with Crippen LogP contribution < -0.4 is 5.32 Å². The molecule has 1 aliphatic rings. The van der Waals surface area contributed by atoms with E-state index < -0.39 is 49.5 Å². The zero-order valence-electron chi connectivity index (χ0n) is 44.3. The van der Waals surface area contributed by atoms with Gasteiger partial charge in [-0.1, -0.05) is 247 Å². The quantitative estimate of drug-likeness (QED) is 0.0261. The van der Waals surface area contributed by atoms with E-state index in [1.165, 1.54) is 122 Å². The van der Waals surface area contributed by atoms with Gasteiger partial charge in [0.15, 0.2) is 6.29 Å². The topological polar surface area (TPSA) is 149 Å². The zero-order chi connectivity index (χ0) is 50.1. The Morgan fingerprint density at radius 2 is 0.899 bits per heavy atom. The highest BCUT2D eigenvalue weighted by Crippen LogP contribution is 2.23. The smallest absolute Gasteiger partial charge is 0.220 e. The Morgan fingerprint density at radius 3 is 1.33 bits per heavy atom. The van der Waals surface area contributed by atoms with E-state index >= 15 is 0 Å². The highest BCUT2D eigenvalue weighted by molar-refractivity contribution is 5.76. The number of ether oxygens (including phenoxy) is 2. The monoisotopic (exact) mass is 970 g/mol. The predicted molar refractivity (Wildman–Crippen MR) is 290 cm³/mol. The van der Waals surface area contributed by atoms with E-state index in [9.17, 15) is 30.3 Å². The molecule has 9 nitrogen and oxygen atoms in total. The number of aliphatic hydroxyl groups excluding tert-OH is 5. The van der Waals surface area contributed by atoms with Crippen molar-refractivity contribution in [1.82, 2.24) is 5.32 Å². The highest BCUT2D eigenvalue weighted by atomic mass is 16.7. The lowest BCUT2D eigenvalue weighted by Gasteiger charge is -2.40. The molecule has 1 aliphatic heterocycles. The third-order valence-electron chi connectivity index (χ3n) is 13.3. The molecule has 0 saturated carbocycles. The summed E-state index contributed by atoms with van der Waals surface area (Å²) in [6.45, 7) is 3.73. The van der Waals surface area contributed by atoms with Crippen LogP contribution in [0.3, 0.4) is 0 Å². The van der Waals surface area contributed by atoms with Crippen molar-refractivity contribution in [2.75, 3.05) is 13.2 Å². The molecular formula is C60H107NO8. The summed E-state index contributed by atoms with van der Waals surface area (Å²) in [5.74, 6) is -0.159. The minimum absolute atomic E-state index is 0.147. The van der Waals surface area contributed by atoms with E-state index in [0.717, 1.165) is 96.3 Å². The van der Waals surface area contributed by atoms with Crippen LogP contribution in [0.5, 0.6) is 0 Å². The number of hydrogen-bond acceptors (Lipinski definition) is 8. The first-order valence-electron chi connectivity index (χ1n) is 28.6. The molecule has 0 spiro atoms. The summed E-state index contributed by atoms with van der Waals surface area (Å²) >= 11 is 0. The first-order chi connectivity index (χ1) is 33.8. The number of amides is 1. The second-order valence-electron chi connectivity index (χ2n) is 19.7. The van der Waals surface area contributed by atoms with Crippen molar-refractivity contribution < 1.29 is 39.8 Å². The van der Waals surface area contributed by atoms with Gasteiger partial charge in [0.25, 0.3) is 0 Å². The number of rotatable bonds is 48. The number of hydrogen-bond donors (Lipinski definition) is 6. The molecule has 0 aromatic heterocycles. The molecule has 1 rings (SSSR count). The number of nitrogens with one attached hydrogen (secondary N) is 1. The molecule has 1 fully saturated rings. The van der Waals surface area contributed by atoms with Crippen molar-refractivity contribution in [3.05, 3.63) is 72.9 Å². The molecule has 9 heteroatoms. The summed E-state index contributed by atoms with van der Waals surface area (Å²) in [4.78, 5) is 13.1. The number of unbranched alkanes of at least 4 members (excludes halogenated alkanes) is 26. The molecule has 1 heterocycles. The van der Waals surface area contributed by atoms with Gasteiger partial charge < -0.3 is 40.3 Å². The lowest BCUT2D eigenvalue weighted by atomic mass is 9.99. The van der Waals surface area contributed by atoms with Crippen LogP contribution >= 0.6 is 0 Å². The molecule has 1 amide bonds. The molecule has 7 atom stereocenters. The fourth-order valence-electron chi connectivity index (χ4n) is 8.81. The molecule has 400 valence electrons. The predicted octanol–water partition coefficient (Wildman–Crippen LogP) is 14.1. The fraction of sp³-hybridized carbons (Fsp3) is 0.783. The van der Waals surface area contributed by atoms with Crippen LogP contribution in [0.1, 0.15) is 245 Å². The summed E-state index contributed by atoms with van der Waals surface area (Å²) in [5, 5.41) is 54.7. The standard InChI is InChI=1S/C60H107NO8/c1-3-5-7-9-11-13-15-17-19-21-23-25-26-27-28-30-32-34-36-38-40-42-44-46-48-50-56(64)61-53(52-68-60-59(67)58(66)57(65)55(51-62)69-60)54(63)49-47-45-43-41-39-37-35-33-31-29-24-22-20-18-16-14-12-10-8-6-4-2/h5,7,11,13,17,19,23,25,27-28,32,34,53-55,57-60,62-63,65-67H,3-4,6,8-10,12,14-16,18,20-22,24,26,29-31,33,35-52H2,1-2H3,(H,61,64)/b7-5-,13-11-,19-17-,25-23-,28-27-,34-32-. The van der Waals surface area contributed by atoms with Gasteiger partial charge in [0.2, 0.25) is 5.91 Å². The molecular weight excluding hydrogens is 863 g/mol. The van der Waals surface area contributed by atoms with Gasteiger partial charge in [0.1, 0.15) is 24.4 Å². The number of allylic oxidation sites excluding steroid dienone is 12. The van der Waals surface area contributed by atoms with E-state index in [2.05, 4.69) is 92.1 Å². The number of aliphatic hydroxyl groups is 5. The van der Waals surface area contributed by atoms with E-state index in [-0.39, 0.29) is 12.5 Å². The van der Waals surface area contributed by atoms with Crippen LogP contribution in [0.15, 0.2) is 72.9 Å². The maximum Gasteiger partial charge on any atom is 0.220 e. The zero-order valence-corrected chi connectivity index (χ0v) is 44.3. The normalized spacial score (nSPS) is 20.0. The van der Waals surface area contributed by atoms with Gasteiger partial charge in [-0.3, -0.25) is 4.79 Å². The Labute approximate surface area is 423 Å². The van der Waals surface area contributed by atoms with Crippen molar-refractivity contribution in [1.29, 1.82) is 0 Å². The van der Waals surface area contributed by atoms with Crippen LogP contribution in [0.2, 0.25) is 0 Å². The lowest BCUT2D eigenvalue weighted by molar-refractivity contribution is -0.302. The molecule has 0 bridgehead atoms. The molecule has 69 heavy (non-hydrogen) atoms. The lowest BCUT2D eigenvalue weighted by Crippen LogP contribution is -2.60. The second kappa shape index (κ2) is 49.2. The van der Waals surface area contributed by atoms with Crippen LogP contribution in [-0.2, 0) is 14.3 Å². The van der Waals surface area contributed by atoms with Crippen molar-refractivity contribution in [3.8, 4) is 0 Å². The summed E-state index contributed by atoms with van der Waals surface area (Å²) in [6.07, 6.45) is 60.6. The number of carbonyl (C=O) groups is 1. The summed E-state index contributed by atoms with van der Waals surface area (Å²) in [6, 6.07) is -0.732. The molecule has 0 aromatic rings. The van der Waals surface area contributed by atoms with E-state index in [0.29, 0.717) is 12.8 Å². The summed E-state index contributed by atoms with van der Waals surface area (Å²) < 4.78 is 11.3. The molecule has 0 radical (unpaired) electrons. The highest BCUT2D eigenvalue weighted by Gasteiger charge is 2.44. The van der Waals surface area contributed by atoms with Crippen molar-refractivity contribution in [2.45, 2.75) is 288 Å². The first-order valence-corrected chi connectivity index (χ1v) is 28.6. The van der Waals surface area contributed by atoms with Crippen molar-refractivity contribution in [3.63, 3.8) is 0 Å². The summed E-state index contributed by atoms with van der Waals surface area (Å²) in [5.41, 5.74) is 0. The van der Waals surface area contributed by atoms with E-state index in [4.69, 9.17) is 9.47 Å². The van der Waals surface area contributed by atoms with Gasteiger partial charge in [-0.25, -0.2) is 0 Å². The first kappa shape index (κ1) is 64.6. The molecule has 6 N–H and O–H groups in total. The third kappa shape index (κ3) is 38.9. The van der Waals surface area contributed by atoms with Gasteiger partial charge >= 0.3 is 0 Å². The Balaban J connectivity index is 2.25. The molecule has 0 aliphatic carbocycles. The van der Waals surface area contributed by atoms with E-state index in [1.54, 1.807) is 0 Å². The van der Waals surface area contributed by atoms with Crippen molar-refractivity contribution in [2.24, 2.45) is 0 Å². The fourth-order valence-corrected chi connectivity index (χ4v) is 8.81.